The molecule has 0 bridgehead atoms. The Balaban J connectivity index is 1.63. The van der Waals surface area contributed by atoms with Gasteiger partial charge in [-0.3, -0.25) is 24.4 Å². The van der Waals surface area contributed by atoms with Crippen molar-refractivity contribution >= 4 is 40.5 Å². The average molecular weight is 484 g/mol. The second-order valence-electron chi connectivity index (χ2n) is 8.07. The molecule has 34 heavy (non-hydrogen) atoms. The van der Waals surface area contributed by atoms with Crippen molar-refractivity contribution in [1.29, 1.82) is 0 Å². The van der Waals surface area contributed by atoms with E-state index in [0.717, 1.165) is 11.8 Å². The van der Waals surface area contributed by atoms with Gasteiger partial charge in [0.2, 0.25) is 5.91 Å². The summed E-state index contributed by atoms with van der Waals surface area (Å²) in [5, 5.41) is 3.71. The van der Waals surface area contributed by atoms with E-state index in [4.69, 9.17) is 0 Å². The third-order valence-electron chi connectivity index (χ3n) is 5.70. The molecule has 1 fully saturated rings. The van der Waals surface area contributed by atoms with Gasteiger partial charge in [-0.2, -0.15) is 5.01 Å². The average Bonchev–Trinajstić information content (AvgIpc) is 3.03. The number of fused-ring (bicyclic) bond motifs is 1. The number of benzene rings is 2. The van der Waals surface area contributed by atoms with Crippen molar-refractivity contribution in [2.24, 2.45) is 0 Å². The molecule has 1 aromatic heterocycles. The van der Waals surface area contributed by atoms with Crippen LogP contribution in [0.5, 0.6) is 0 Å². The van der Waals surface area contributed by atoms with Gasteiger partial charge < -0.3 is 5.32 Å². The molecule has 2 heterocycles. The van der Waals surface area contributed by atoms with Gasteiger partial charge >= 0.3 is 6.03 Å². The highest BCUT2D eigenvalue weighted by molar-refractivity contribution is 7.99. The van der Waals surface area contributed by atoms with E-state index >= 15 is 0 Å². The molecule has 2 aromatic carbocycles. The lowest BCUT2D eigenvalue weighted by molar-refractivity contribution is -0.137. The number of aryl methyl sites for hydroxylation is 1. The molecular formula is C23H22FN5O4S. The highest BCUT2D eigenvalue weighted by Gasteiger charge is 2.47. The van der Waals surface area contributed by atoms with Crippen LogP contribution in [0, 0.1) is 12.7 Å². The summed E-state index contributed by atoms with van der Waals surface area (Å²) in [4.78, 5) is 54.9. The van der Waals surface area contributed by atoms with Crippen LogP contribution in [0.2, 0.25) is 0 Å². The number of thioether (sulfide) groups is 1. The number of nitrogens with one attached hydrogen (secondary N) is 2. The van der Waals surface area contributed by atoms with Crippen LogP contribution in [0.4, 0.5) is 9.18 Å². The number of halogens is 1. The maximum Gasteiger partial charge on any atom is 0.344 e. The number of urea groups is 1. The largest absolute Gasteiger partial charge is 0.344 e. The second kappa shape index (κ2) is 8.90. The summed E-state index contributed by atoms with van der Waals surface area (Å²) < 4.78 is 15.5. The smallest absolute Gasteiger partial charge is 0.322 e. The van der Waals surface area contributed by atoms with Crippen LogP contribution in [0.25, 0.3) is 16.6 Å². The number of hydrogen-bond acceptors (Lipinski definition) is 6. The molecule has 4 rings (SSSR count). The lowest BCUT2D eigenvalue weighted by atomic mass is 10.00. The van der Waals surface area contributed by atoms with E-state index < -0.39 is 34.8 Å². The SMILES string of the molecule is CCC1(C)NC(=O)N(NC(=O)CSc2nc3ccccc3c(=O)n2-c2ccc(C)c(F)c2)C1=O. The van der Waals surface area contributed by atoms with Gasteiger partial charge in [0.1, 0.15) is 11.4 Å². The van der Waals surface area contributed by atoms with E-state index in [1.807, 2.05) is 0 Å². The topological polar surface area (TPSA) is 113 Å². The van der Waals surface area contributed by atoms with Crippen LogP contribution in [0.15, 0.2) is 52.4 Å². The monoisotopic (exact) mass is 483 g/mol. The molecule has 176 valence electrons. The summed E-state index contributed by atoms with van der Waals surface area (Å²) >= 11 is 0.928. The van der Waals surface area contributed by atoms with E-state index in [9.17, 15) is 23.6 Å². The first kappa shape index (κ1) is 23.4. The van der Waals surface area contributed by atoms with E-state index in [2.05, 4.69) is 15.7 Å². The van der Waals surface area contributed by atoms with Gasteiger partial charge in [0, 0.05) is 0 Å². The number of nitrogens with zero attached hydrogens (tertiary/aromatic N) is 3. The number of aromatic nitrogens is 2. The summed E-state index contributed by atoms with van der Waals surface area (Å²) in [6.07, 6.45) is 0.360. The molecule has 1 atom stereocenters. The summed E-state index contributed by atoms with van der Waals surface area (Å²) in [5.41, 5.74) is 1.91. The van der Waals surface area contributed by atoms with Gasteiger partial charge in [-0.1, -0.05) is 36.9 Å². The Hall–Kier alpha value is -3.73. The normalized spacial score (nSPS) is 17.8. The molecule has 0 radical (unpaired) electrons. The lowest BCUT2D eigenvalue weighted by Gasteiger charge is -2.19. The molecule has 0 saturated carbocycles. The summed E-state index contributed by atoms with van der Waals surface area (Å²) in [7, 11) is 0. The summed E-state index contributed by atoms with van der Waals surface area (Å²) in [5.74, 6) is -1.94. The first-order valence-electron chi connectivity index (χ1n) is 10.5. The Morgan fingerprint density at radius 3 is 2.62 bits per heavy atom. The minimum absolute atomic E-state index is 0.165. The minimum Gasteiger partial charge on any atom is -0.322 e. The van der Waals surface area contributed by atoms with Crippen LogP contribution < -0.4 is 16.3 Å². The molecule has 11 heteroatoms. The molecule has 9 nitrogen and oxygen atoms in total. The fraction of sp³-hybridized carbons (Fsp3) is 0.261. The number of para-hydroxylation sites is 1. The Bertz CT molecular complexity index is 1390. The number of carbonyl (C=O) groups is 3. The Labute approximate surface area is 198 Å². The molecule has 1 unspecified atom stereocenters. The van der Waals surface area contributed by atoms with E-state index in [0.29, 0.717) is 27.9 Å². The van der Waals surface area contributed by atoms with Crippen LogP contribution in [0.3, 0.4) is 0 Å². The van der Waals surface area contributed by atoms with Crippen molar-refractivity contribution in [1.82, 2.24) is 25.3 Å². The zero-order chi connectivity index (χ0) is 24.6. The van der Waals surface area contributed by atoms with Gasteiger partial charge in [0.05, 0.1) is 22.3 Å². The maximum atomic E-state index is 14.3. The van der Waals surface area contributed by atoms with Crippen molar-refractivity contribution in [3.63, 3.8) is 0 Å². The van der Waals surface area contributed by atoms with Crippen molar-refractivity contribution in [3.8, 4) is 5.69 Å². The lowest BCUT2D eigenvalue weighted by Crippen LogP contribution is -2.49. The number of imide groups is 1. The van der Waals surface area contributed by atoms with Gasteiger partial charge in [-0.15, -0.1) is 0 Å². The Morgan fingerprint density at radius 1 is 1.21 bits per heavy atom. The number of amides is 4. The summed E-state index contributed by atoms with van der Waals surface area (Å²) in [6.45, 7) is 4.93. The van der Waals surface area contributed by atoms with Crippen molar-refractivity contribution in [2.45, 2.75) is 37.9 Å². The van der Waals surface area contributed by atoms with Crippen molar-refractivity contribution in [3.05, 3.63) is 64.2 Å². The third kappa shape index (κ3) is 4.14. The number of rotatable bonds is 6. The third-order valence-corrected chi connectivity index (χ3v) is 6.63. The van der Waals surface area contributed by atoms with Gasteiger partial charge in [-0.05, 0) is 50.1 Å². The molecule has 4 amide bonds. The Morgan fingerprint density at radius 2 is 1.94 bits per heavy atom. The molecule has 3 aromatic rings. The van der Waals surface area contributed by atoms with Gasteiger partial charge in [0.25, 0.3) is 11.5 Å². The minimum atomic E-state index is -1.09. The fourth-order valence-corrected chi connectivity index (χ4v) is 4.28. The first-order valence-corrected chi connectivity index (χ1v) is 11.5. The number of hydrazine groups is 1. The van der Waals surface area contributed by atoms with Crippen LogP contribution >= 0.6 is 11.8 Å². The van der Waals surface area contributed by atoms with Gasteiger partial charge in [-0.25, -0.2) is 14.2 Å². The fourth-order valence-electron chi connectivity index (χ4n) is 3.47. The number of carbonyl (C=O) groups excluding carboxylic acids is 3. The van der Waals surface area contributed by atoms with E-state index in [-0.39, 0.29) is 16.6 Å². The summed E-state index contributed by atoms with van der Waals surface area (Å²) in [6, 6.07) is 10.4. The van der Waals surface area contributed by atoms with Crippen LogP contribution in [0.1, 0.15) is 25.8 Å². The van der Waals surface area contributed by atoms with Gasteiger partial charge in [0.15, 0.2) is 5.16 Å². The molecule has 0 aliphatic carbocycles. The second-order valence-corrected chi connectivity index (χ2v) is 9.01. The predicted octanol–water partition coefficient (Wildman–Crippen LogP) is 2.68. The molecule has 1 aliphatic rings. The molecule has 1 aliphatic heterocycles. The first-order chi connectivity index (χ1) is 16.1. The molecule has 0 spiro atoms. The quantitative estimate of drug-likeness (QED) is 0.317. The predicted molar refractivity (Wildman–Crippen MR) is 125 cm³/mol. The maximum absolute atomic E-state index is 14.3. The highest BCUT2D eigenvalue weighted by atomic mass is 32.2. The standard InChI is InChI=1S/C23H22FN5O4S/c1-4-23(3)20(32)29(21(33)26-23)27-18(30)12-34-22-25-17-8-6-5-7-15(17)19(31)28(22)14-10-9-13(2)16(24)11-14/h5-11H,4,12H2,1-3H3,(H,26,33)(H,27,30). The van der Waals surface area contributed by atoms with Crippen LogP contribution in [-0.2, 0) is 9.59 Å². The van der Waals surface area contributed by atoms with E-state index in [1.54, 1.807) is 57.2 Å². The van der Waals surface area contributed by atoms with Crippen molar-refractivity contribution < 1.29 is 18.8 Å². The zero-order valence-electron chi connectivity index (χ0n) is 18.7. The molecule has 2 N–H and O–H groups in total. The van der Waals surface area contributed by atoms with Crippen LogP contribution in [-0.4, -0.2) is 43.7 Å². The Kier molecular flexibility index (Phi) is 6.13. The van der Waals surface area contributed by atoms with Crippen molar-refractivity contribution in [2.75, 3.05) is 5.75 Å². The number of hydrogen-bond donors (Lipinski definition) is 2. The highest BCUT2D eigenvalue weighted by Crippen LogP contribution is 2.23. The van der Waals surface area contributed by atoms with E-state index in [1.165, 1.54) is 10.6 Å². The molecule has 1 saturated heterocycles. The zero-order valence-corrected chi connectivity index (χ0v) is 19.5. The molecular weight excluding hydrogens is 461 g/mol.